The molecule has 4 N–H and O–H groups in total. The molecule has 1 aromatic heterocycles. The van der Waals surface area contributed by atoms with E-state index in [1.165, 1.54) is 18.4 Å². The van der Waals surface area contributed by atoms with Crippen molar-refractivity contribution in [3.05, 3.63) is 80.1 Å². The number of allylic oxidation sites excluding steroid dienone is 2. The molecule has 270 valence electrons. The third-order valence-electron chi connectivity index (χ3n) is 7.04. The first kappa shape index (κ1) is 52.8. The largest absolute Gasteiger partial charge is 0.384 e. The average molecular weight is 646 g/mol. The Morgan fingerprint density at radius 1 is 0.935 bits per heavy atom. The maximum absolute atomic E-state index is 11.1. The number of aldehydes is 1. The minimum atomic E-state index is -0.0228. The molecule has 0 amide bonds. The molecule has 0 aliphatic carbocycles. The normalized spacial score (nSPS) is 12.7. The van der Waals surface area contributed by atoms with Gasteiger partial charge < -0.3 is 25.7 Å². The number of imidazole rings is 1. The lowest BCUT2D eigenvalue weighted by Gasteiger charge is -2.33. The lowest BCUT2D eigenvalue weighted by molar-refractivity contribution is -0.111. The van der Waals surface area contributed by atoms with Crippen LogP contribution in [-0.2, 0) is 11.2 Å². The highest BCUT2D eigenvalue weighted by Crippen LogP contribution is 2.24. The summed E-state index contributed by atoms with van der Waals surface area (Å²) in [6.07, 6.45) is 14.1. The molecule has 0 fully saturated rings. The topological polar surface area (TPSA) is 81.8 Å². The zero-order valence-electron chi connectivity index (χ0n) is 33.0. The fraction of sp³-hybridized carbons (Fsp3) is 0.650. The molecule has 1 rings (SSSR count). The molecule has 0 saturated heterocycles. The zero-order chi connectivity index (χ0) is 37.1. The minimum Gasteiger partial charge on any atom is -0.384 e. The second-order valence-electron chi connectivity index (χ2n) is 11.4. The quantitative estimate of drug-likeness (QED) is 0.100. The number of carbonyl (C=O) groups excluding carboxylic acids is 1. The highest BCUT2D eigenvalue weighted by molar-refractivity contribution is 5.55. The van der Waals surface area contributed by atoms with E-state index in [4.69, 9.17) is 0 Å². The minimum absolute atomic E-state index is 0.0228. The Labute approximate surface area is 288 Å². The molecule has 0 saturated carbocycles. The number of hydrogen-bond donors (Lipinski definition) is 4. The molecule has 0 aliphatic heterocycles. The summed E-state index contributed by atoms with van der Waals surface area (Å²) in [6, 6.07) is 0.999. The first-order valence-corrected chi connectivity index (χ1v) is 17.5. The molecule has 5 unspecified atom stereocenters. The van der Waals surface area contributed by atoms with Crippen molar-refractivity contribution in [3.8, 4) is 0 Å². The highest BCUT2D eigenvalue weighted by Gasteiger charge is 2.24. The van der Waals surface area contributed by atoms with Gasteiger partial charge in [-0.1, -0.05) is 111 Å². The van der Waals surface area contributed by atoms with Crippen molar-refractivity contribution in [1.82, 2.24) is 25.9 Å². The zero-order valence-corrected chi connectivity index (χ0v) is 33.0. The Morgan fingerprint density at radius 3 is 1.72 bits per heavy atom. The predicted octanol–water partition coefficient (Wildman–Crippen LogP) is 10.3. The first-order valence-electron chi connectivity index (χ1n) is 17.5. The van der Waals surface area contributed by atoms with Gasteiger partial charge in [0.15, 0.2) is 0 Å². The molecule has 0 aliphatic rings. The van der Waals surface area contributed by atoms with Gasteiger partial charge in [-0.15, -0.1) is 13.2 Å². The van der Waals surface area contributed by atoms with Gasteiger partial charge >= 0.3 is 0 Å². The standard InChI is InChI=1S/C15H30N2.C13H21N3O.C4H10.2C3H6.C2H6/c1-9-14(10(2)3)15(11(4)5)17-13(7)12(6)16-8;1-4-13(14-3)10(2)5-11(8-17)6-12-7-15-9-16-12;1-3-4-2;2*1-3-2;1-2/h11-12,14-17H,2,7,9H2,1,3-6,8H3;7-9,11,13-14H,2,4-6H2,1,3H3,(H,15,16);3-4H2,1-2H3;2*3H,1H2,2H3;1-2H3. The van der Waals surface area contributed by atoms with Crippen molar-refractivity contribution in [2.24, 2.45) is 17.8 Å². The van der Waals surface area contributed by atoms with Gasteiger partial charge in [-0.05, 0) is 79.3 Å². The summed E-state index contributed by atoms with van der Waals surface area (Å²) in [5.41, 5.74) is 4.40. The molecule has 0 radical (unpaired) electrons. The summed E-state index contributed by atoms with van der Waals surface area (Å²) in [4.78, 5) is 18.0. The molecule has 0 aromatic carbocycles. The second-order valence-corrected chi connectivity index (χ2v) is 11.4. The number of nitrogens with zero attached hydrogens (tertiary/aromatic N) is 1. The van der Waals surface area contributed by atoms with E-state index in [9.17, 15) is 4.79 Å². The van der Waals surface area contributed by atoms with Crippen molar-refractivity contribution < 1.29 is 4.79 Å². The summed E-state index contributed by atoms with van der Waals surface area (Å²) in [5.74, 6) is 1.05. The summed E-state index contributed by atoms with van der Waals surface area (Å²) in [6.45, 7) is 44.2. The summed E-state index contributed by atoms with van der Waals surface area (Å²) < 4.78 is 0. The van der Waals surface area contributed by atoms with Crippen LogP contribution in [0.25, 0.3) is 0 Å². The number of likely N-dealkylation sites (N-methyl/N-ethyl adjacent to an activating group) is 2. The van der Waals surface area contributed by atoms with E-state index in [2.05, 4.69) is 114 Å². The van der Waals surface area contributed by atoms with Crippen molar-refractivity contribution in [2.75, 3.05) is 14.1 Å². The van der Waals surface area contributed by atoms with E-state index in [0.29, 0.717) is 36.4 Å². The number of aromatic amines is 1. The van der Waals surface area contributed by atoms with Gasteiger partial charge in [-0.2, -0.15) is 0 Å². The first-order chi connectivity index (χ1) is 21.8. The second kappa shape index (κ2) is 38.5. The number of unbranched alkanes of at least 4 members (excludes halogenated alkanes) is 1. The molecular formula is C40H79N5O. The van der Waals surface area contributed by atoms with Crippen LogP contribution in [0, 0.1) is 17.8 Å². The number of carbonyl (C=O) groups is 1. The maximum atomic E-state index is 11.1. The number of aromatic nitrogens is 2. The van der Waals surface area contributed by atoms with E-state index in [1.807, 2.05) is 41.8 Å². The van der Waals surface area contributed by atoms with E-state index in [0.717, 1.165) is 42.5 Å². The Balaban J connectivity index is -0.000000181. The van der Waals surface area contributed by atoms with Crippen LogP contribution in [0.5, 0.6) is 0 Å². The Bertz CT molecular complexity index is 832. The van der Waals surface area contributed by atoms with Crippen molar-refractivity contribution in [2.45, 2.75) is 140 Å². The fourth-order valence-electron chi connectivity index (χ4n) is 4.18. The average Bonchev–Trinajstić information content (AvgIpc) is 3.55. The molecular weight excluding hydrogens is 566 g/mol. The molecule has 46 heavy (non-hydrogen) atoms. The van der Waals surface area contributed by atoms with Gasteiger partial charge in [-0.3, -0.25) is 0 Å². The van der Waals surface area contributed by atoms with Crippen LogP contribution in [-0.4, -0.2) is 48.5 Å². The lowest BCUT2D eigenvalue weighted by atomic mass is 9.84. The summed E-state index contributed by atoms with van der Waals surface area (Å²) in [5, 5.41) is 10.00. The van der Waals surface area contributed by atoms with Crippen molar-refractivity contribution in [3.63, 3.8) is 0 Å². The monoisotopic (exact) mass is 646 g/mol. The molecule has 0 spiro atoms. The maximum Gasteiger partial charge on any atom is 0.123 e. The Hall–Kier alpha value is -2.70. The summed E-state index contributed by atoms with van der Waals surface area (Å²) in [7, 11) is 3.88. The molecule has 1 aromatic rings. The van der Waals surface area contributed by atoms with E-state index < -0.39 is 0 Å². The Morgan fingerprint density at radius 2 is 1.43 bits per heavy atom. The third kappa shape index (κ3) is 30.0. The predicted molar refractivity (Wildman–Crippen MR) is 210 cm³/mol. The van der Waals surface area contributed by atoms with Crippen LogP contribution in [0.4, 0.5) is 0 Å². The smallest absolute Gasteiger partial charge is 0.123 e. The van der Waals surface area contributed by atoms with E-state index >= 15 is 0 Å². The van der Waals surface area contributed by atoms with E-state index in [1.54, 1.807) is 24.7 Å². The van der Waals surface area contributed by atoms with Gasteiger partial charge in [-0.25, -0.2) is 4.98 Å². The number of nitrogens with one attached hydrogen (secondary N) is 4. The molecule has 5 atom stereocenters. The van der Waals surface area contributed by atoms with Gasteiger partial charge in [0.1, 0.15) is 6.29 Å². The molecule has 1 heterocycles. The number of rotatable bonds is 17. The van der Waals surface area contributed by atoms with Crippen LogP contribution in [0.3, 0.4) is 0 Å². The number of hydrogen-bond acceptors (Lipinski definition) is 5. The van der Waals surface area contributed by atoms with Gasteiger partial charge in [0.2, 0.25) is 0 Å². The van der Waals surface area contributed by atoms with Crippen molar-refractivity contribution >= 4 is 6.29 Å². The van der Waals surface area contributed by atoms with Gasteiger partial charge in [0.25, 0.3) is 0 Å². The van der Waals surface area contributed by atoms with Crippen LogP contribution in [0.1, 0.15) is 121 Å². The SMILES string of the molecule is C=C(CC(C=O)Cc1cnc[nH]1)C(CC)NC.C=C(NC(C(C)C)C(CC)C(=C)C)C(C)NC.C=CC.C=CC.CC.CCCC. The Kier molecular flexibility index (Phi) is 44.2. The number of H-pyrrole nitrogens is 1. The van der Waals surface area contributed by atoms with Gasteiger partial charge in [0, 0.05) is 41.6 Å². The van der Waals surface area contributed by atoms with Crippen molar-refractivity contribution in [1.29, 1.82) is 0 Å². The lowest BCUT2D eigenvalue weighted by Crippen LogP contribution is -2.44. The van der Waals surface area contributed by atoms with Crippen LogP contribution >= 0.6 is 0 Å². The molecule has 6 heteroatoms. The highest BCUT2D eigenvalue weighted by atomic mass is 16.1. The summed E-state index contributed by atoms with van der Waals surface area (Å²) >= 11 is 0. The third-order valence-corrected chi connectivity index (χ3v) is 7.04. The van der Waals surface area contributed by atoms with Crippen LogP contribution in [0.15, 0.2) is 74.4 Å². The molecule has 6 nitrogen and oxygen atoms in total. The fourth-order valence-corrected chi connectivity index (χ4v) is 4.18. The molecule has 0 bridgehead atoms. The van der Waals surface area contributed by atoms with Crippen LogP contribution in [0.2, 0.25) is 0 Å². The van der Waals surface area contributed by atoms with Gasteiger partial charge in [0.05, 0.1) is 6.33 Å². The van der Waals surface area contributed by atoms with Crippen LogP contribution < -0.4 is 16.0 Å². The van der Waals surface area contributed by atoms with E-state index in [-0.39, 0.29) is 5.92 Å².